The number of nitrogens with zero attached hydrogens (tertiary/aromatic N) is 1. The minimum absolute atomic E-state index is 0. The van der Waals surface area contributed by atoms with E-state index >= 15 is 0 Å². The number of hydrogen-bond acceptors (Lipinski definition) is 3. The van der Waals surface area contributed by atoms with E-state index in [1.54, 1.807) is 31.2 Å². The summed E-state index contributed by atoms with van der Waals surface area (Å²) in [4.78, 5) is 13.3. The summed E-state index contributed by atoms with van der Waals surface area (Å²) >= 11 is 6.24. The van der Waals surface area contributed by atoms with Crippen LogP contribution in [0, 0.1) is 6.08 Å². The van der Waals surface area contributed by atoms with Crippen LogP contribution in [0.15, 0.2) is 18.2 Å². The van der Waals surface area contributed by atoms with Crippen LogP contribution >= 0.6 is 11.6 Å². The molecule has 6 heteroatoms. The van der Waals surface area contributed by atoms with Crippen LogP contribution in [0.2, 0.25) is 5.02 Å². The topological polar surface area (TPSA) is 38.8 Å². The van der Waals surface area contributed by atoms with Crippen molar-refractivity contribution in [2.75, 3.05) is 21.0 Å². The molecule has 0 saturated carbocycles. The maximum absolute atomic E-state index is 11.7. The van der Waals surface area contributed by atoms with Crippen molar-refractivity contribution in [3.05, 3.63) is 34.9 Å². The van der Waals surface area contributed by atoms with Crippen LogP contribution in [-0.4, -0.2) is 31.8 Å². The molecule has 1 aliphatic heterocycles. The number of methoxy groups -OCH3 is 1. The predicted molar refractivity (Wildman–Crippen MR) is 72.6 cm³/mol. The molecular weight excluding hydrogens is 355 g/mol. The van der Waals surface area contributed by atoms with Gasteiger partial charge in [-0.05, 0) is 17.2 Å². The van der Waals surface area contributed by atoms with Gasteiger partial charge in [-0.1, -0.05) is 0 Å². The van der Waals surface area contributed by atoms with E-state index in [-0.39, 0.29) is 45.4 Å². The van der Waals surface area contributed by atoms with E-state index in [0.29, 0.717) is 23.6 Å². The van der Waals surface area contributed by atoms with Gasteiger partial charge in [0.15, 0.2) is 6.79 Å². The van der Waals surface area contributed by atoms with Crippen LogP contribution in [0.5, 0.6) is 5.75 Å². The molecule has 1 aromatic carbocycles. The standard InChI is InChI=1S/C14H15ClNO3.Y/c1-16-13(4-3-5-14(16)17)11-7-6-10(8-12(11)15)19-9-18-2;/h6-8H,3,5,9H2,1-2H3;/q-1;. The molecule has 4 nitrogen and oxygen atoms in total. The first-order valence-corrected chi connectivity index (χ1v) is 6.30. The van der Waals surface area contributed by atoms with Crippen molar-refractivity contribution in [1.29, 1.82) is 0 Å². The number of halogens is 1. The molecule has 2 rings (SSSR count). The molecule has 0 saturated heterocycles. The fourth-order valence-corrected chi connectivity index (χ4v) is 2.14. The molecule has 1 radical (unpaired) electrons. The van der Waals surface area contributed by atoms with Gasteiger partial charge in [0.05, 0.1) is 0 Å². The van der Waals surface area contributed by atoms with E-state index in [1.165, 1.54) is 0 Å². The van der Waals surface area contributed by atoms with Gasteiger partial charge in [0.2, 0.25) is 5.91 Å². The zero-order chi connectivity index (χ0) is 13.8. The summed E-state index contributed by atoms with van der Waals surface area (Å²) in [6.45, 7) is 0.170. The summed E-state index contributed by atoms with van der Waals surface area (Å²) in [5, 5.41) is 0.526. The third kappa shape index (κ3) is 4.04. The Hall–Kier alpha value is -0.416. The number of benzene rings is 1. The average molecular weight is 370 g/mol. The van der Waals surface area contributed by atoms with E-state index in [0.717, 1.165) is 11.3 Å². The van der Waals surface area contributed by atoms with Gasteiger partial charge >= 0.3 is 0 Å². The summed E-state index contributed by atoms with van der Waals surface area (Å²) in [5.41, 5.74) is 1.50. The smallest absolute Gasteiger partial charge is 0.222 e. The van der Waals surface area contributed by atoms with E-state index in [4.69, 9.17) is 21.1 Å². The second-order valence-corrected chi connectivity index (χ2v) is 4.58. The summed E-state index contributed by atoms with van der Waals surface area (Å²) in [6.07, 6.45) is 4.31. The third-order valence-corrected chi connectivity index (χ3v) is 3.19. The van der Waals surface area contributed by atoms with Crippen LogP contribution < -0.4 is 4.74 Å². The normalized spacial score (nSPS) is 14.7. The first-order valence-electron chi connectivity index (χ1n) is 5.92. The Morgan fingerprint density at radius 3 is 2.85 bits per heavy atom. The number of rotatable bonds is 4. The quantitative estimate of drug-likeness (QED) is 0.605. The molecule has 0 atom stereocenters. The molecule has 0 N–H and O–H groups in total. The maximum Gasteiger partial charge on any atom is 0.222 e. The van der Waals surface area contributed by atoms with Crippen molar-refractivity contribution < 1.29 is 47.0 Å². The van der Waals surface area contributed by atoms with Crippen molar-refractivity contribution in [1.82, 2.24) is 4.90 Å². The van der Waals surface area contributed by atoms with Crippen molar-refractivity contribution >= 4 is 23.2 Å². The van der Waals surface area contributed by atoms with Gasteiger partial charge in [-0.2, -0.15) is 0 Å². The summed E-state index contributed by atoms with van der Waals surface area (Å²) < 4.78 is 10.1. The van der Waals surface area contributed by atoms with Gasteiger partial charge in [0.25, 0.3) is 0 Å². The number of hydrogen-bond donors (Lipinski definition) is 0. The molecule has 105 valence electrons. The summed E-state index contributed by atoms with van der Waals surface area (Å²) in [6, 6.07) is 5.32. The molecule has 0 bridgehead atoms. The van der Waals surface area contributed by atoms with Gasteiger partial charge in [-0.3, -0.25) is 4.79 Å². The Morgan fingerprint density at radius 2 is 2.20 bits per heavy atom. The van der Waals surface area contributed by atoms with E-state index < -0.39 is 0 Å². The van der Waals surface area contributed by atoms with Gasteiger partial charge in [0.1, 0.15) is 5.75 Å². The molecule has 0 aromatic heterocycles. The molecule has 1 amide bonds. The molecule has 1 aliphatic rings. The minimum atomic E-state index is 0. The molecule has 0 fully saturated rings. The van der Waals surface area contributed by atoms with E-state index in [2.05, 4.69) is 6.08 Å². The molecule has 0 spiro atoms. The zero-order valence-corrected chi connectivity index (χ0v) is 15.1. The Bertz CT molecular complexity index is 519. The fraction of sp³-hybridized carbons (Fsp3) is 0.357. The fourth-order valence-electron chi connectivity index (χ4n) is 1.88. The first kappa shape index (κ1) is 17.6. The number of allylic oxidation sites excluding steroid dienone is 1. The molecule has 0 aliphatic carbocycles. The summed E-state index contributed by atoms with van der Waals surface area (Å²) in [5.74, 6) is 0.700. The van der Waals surface area contributed by atoms with Crippen molar-refractivity contribution in [3.63, 3.8) is 0 Å². The number of carbonyl (C=O) groups excluding carboxylic acids is 1. The Labute approximate surface area is 148 Å². The molecule has 1 heterocycles. The second kappa shape index (κ2) is 8.13. The SMILES string of the molecule is COCOc1ccc(C2=[C-]CCC(=O)N2C)c(Cl)c1.[Y]. The van der Waals surface area contributed by atoms with E-state index in [9.17, 15) is 4.79 Å². The maximum atomic E-state index is 11.7. The average Bonchev–Trinajstić information content (AvgIpc) is 2.40. The largest absolute Gasteiger partial charge is 0.468 e. The Morgan fingerprint density at radius 1 is 1.45 bits per heavy atom. The van der Waals surface area contributed by atoms with Crippen LogP contribution in [0.4, 0.5) is 0 Å². The number of carbonyl (C=O) groups is 1. The van der Waals surface area contributed by atoms with Gasteiger partial charge in [-0.15, -0.1) is 35.3 Å². The zero-order valence-electron chi connectivity index (χ0n) is 11.5. The van der Waals surface area contributed by atoms with Crippen LogP contribution in [0.3, 0.4) is 0 Å². The van der Waals surface area contributed by atoms with Crippen molar-refractivity contribution in [2.24, 2.45) is 0 Å². The number of ether oxygens (including phenoxy) is 2. The Kier molecular flexibility index (Phi) is 7.17. The number of amides is 1. The van der Waals surface area contributed by atoms with Gasteiger partial charge < -0.3 is 14.4 Å². The molecule has 1 aromatic rings. The van der Waals surface area contributed by atoms with Gasteiger partial charge in [-0.25, -0.2) is 6.08 Å². The third-order valence-electron chi connectivity index (χ3n) is 2.88. The monoisotopic (exact) mass is 369 g/mol. The molecule has 20 heavy (non-hydrogen) atoms. The van der Waals surface area contributed by atoms with Gasteiger partial charge in [0, 0.05) is 53.3 Å². The second-order valence-electron chi connectivity index (χ2n) is 4.17. The molecule has 0 unspecified atom stereocenters. The Balaban J connectivity index is 0.00000200. The van der Waals surface area contributed by atoms with Crippen LogP contribution in [0.1, 0.15) is 18.4 Å². The van der Waals surface area contributed by atoms with Crippen LogP contribution in [0.25, 0.3) is 5.70 Å². The van der Waals surface area contributed by atoms with Crippen LogP contribution in [-0.2, 0) is 42.2 Å². The summed E-state index contributed by atoms with van der Waals surface area (Å²) in [7, 11) is 3.29. The minimum Gasteiger partial charge on any atom is -0.468 e. The van der Waals surface area contributed by atoms with E-state index in [1.807, 2.05) is 6.07 Å². The predicted octanol–water partition coefficient (Wildman–Crippen LogP) is 2.72. The first-order chi connectivity index (χ1) is 9.13. The van der Waals surface area contributed by atoms with Crippen molar-refractivity contribution in [3.8, 4) is 5.75 Å². The molecular formula is C14H15ClNO3Y-. The van der Waals surface area contributed by atoms with Crippen molar-refractivity contribution in [2.45, 2.75) is 12.8 Å².